The number of nitrogens with zero attached hydrogens (tertiary/aromatic N) is 2. The molecule has 2 unspecified atom stereocenters. The van der Waals surface area contributed by atoms with Crippen LogP contribution in [0.5, 0.6) is 5.75 Å². The third-order valence-electron chi connectivity index (χ3n) is 5.42. The van der Waals surface area contributed by atoms with Crippen LogP contribution in [0.25, 0.3) is 0 Å². The predicted octanol–water partition coefficient (Wildman–Crippen LogP) is 3.84. The molecule has 0 radical (unpaired) electrons. The highest BCUT2D eigenvalue weighted by atomic mass is 35.5. The highest BCUT2D eigenvalue weighted by Crippen LogP contribution is 2.34. The SMILES string of the molecule is COc1ccccc1C1CNCCN1Cc1nc2c(s1)CC(C)CC2.Cl. The minimum absolute atomic E-state index is 0. The molecule has 1 aromatic carbocycles. The lowest BCUT2D eigenvalue weighted by Crippen LogP contribution is -2.45. The normalized spacial score (nSPS) is 23.2. The van der Waals surface area contributed by atoms with Gasteiger partial charge in [-0.2, -0.15) is 0 Å². The van der Waals surface area contributed by atoms with Crippen LogP contribution in [-0.2, 0) is 19.4 Å². The molecule has 1 saturated heterocycles. The largest absolute Gasteiger partial charge is 0.496 e. The van der Waals surface area contributed by atoms with E-state index in [9.17, 15) is 0 Å². The van der Waals surface area contributed by atoms with Gasteiger partial charge in [-0.05, 0) is 31.2 Å². The van der Waals surface area contributed by atoms with E-state index < -0.39 is 0 Å². The number of methoxy groups -OCH3 is 1. The number of ether oxygens (including phenoxy) is 1. The number of hydrogen-bond acceptors (Lipinski definition) is 5. The number of aromatic nitrogens is 1. The maximum Gasteiger partial charge on any atom is 0.123 e. The molecular weight excluding hydrogens is 366 g/mol. The van der Waals surface area contributed by atoms with E-state index in [2.05, 4.69) is 35.3 Å². The zero-order valence-electron chi connectivity index (χ0n) is 15.5. The quantitative estimate of drug-likeness (QED) is 0.856. The van der Waals surface area contributed by atoms with Crippen LogP contribution >= 0.6 is 23.7 Å². The Bertz CT molecular complexity index is 736. The van der Waals surface area contributed by atoms with Crippen LogP contribution in [0.4, 0.5) is 0 Å². The molecule has 1 aliphatic heterocycles. The van der Waals surface area contributed by atoms with Crippen LogP contribution in [0.1, 0.15) is 40.5 Å². The number of para-hydroxylation sites is 1. The Morgan fingerprint density at radius 3 is 3.04 bits per heavy atom. The molecule has 2 heterocycles. The minimum Gasteiger partial charge on any atom is -0.496 e. The number of fused-ring (bicyclic) bond motifs is 1. The van der Waals surface area contributed by atoms with E-state index in [4.69, 9.17) is 9.72 Å². The summed E-state index contributed by atoms with van der Waals surface area (Å²) in [6.07, 6.45) is 3.66. The summed E-state index contributed by atoms with van der Waals surface area (Å²) in [6.45, 7) is 6.34. The van der Waals surface area contributed by atoms with Crippen molar-refractivity contribution in [3.63, 3.8) is 0 Å². The van der Waals surface area contributed by atoms with Gasteiger partial charge in [-0.3, -0.25) is 4.90 Å². The third-order valence-corrected chi connectivity index (χ3v) is 6.53. The van der Waals surface area contributed by atoms with Crippen molar-refractivity contribution in [1.29, 1.82) is 0 Å². The molecule has 26 heavy (non-hydrogen) atoms. The number of rotatable bonds is 4. The van der Waals surface area contributed by atoms with E-state index in [1.807, 2.05) is 17.4 Å². The van der Waals surface area contributed by atoms with Gasteiger partial charge < -0.3 is 10.1 Å². The van der Waals surface area contributed by atoms with Crippen molar-refractivity contribution in [2.45, 2.75) is 38.8 Å². The number of halogens is 1. The maximum absolute atomic E-state index is 5.61. The van der Waals surface area contributed by atoms with E-state index >= 15 is 0 Å². The van der Waals surface area contributed by atoms with Crippen LogP contribution in [0, 0.1) is 5.92 Å². The Balaban J connectivity index is 0.00000196. The van der Waals surface area contributed by atoms with Crippen LogP contribution in [0.2, 0.25) is 0 Å². The molecule has 2 atom stereocenters. The second-order valence-electron chi connectivity index (χ2n) is 7.26. The number of piperazine rings is 1. The lowest BCUT2D eigenvalue weighted by atomic mass is 9.93. The fourth-order valence-electron chi connectivity index (χ4n) is 4.02. The van der Waals surface area contributed by atoms with Crippen molar-refractivity contribution in [2.75, 3.05) is 26.7 Å². The van der Waals surface area contributed by atoms with Gasteiger partial charge >= 0.3 is 0 Å². The first-order valence-electron chi connectivity index (χ1n) is 9.29. The monoisotopic (exact) mass is 393 g/mol. The second-order valence-corrected chi connectivity index (χ2v) is 8.43. The first-order chi connectivity index (χ1) is 12.2. The van der Waals surface area contributed by atoms with E-state index in [1.165, 1.54) is 34.0 Å². The van der Waals surface area contributed by atoms with Crippen molar-refractivity contribution in [3.05, 3.63) is 45.4 Å². The van der Waals surface area contributed by atoms with Crippen LogP contribution in [0.15, 0.2) is 24.3 Å². The Morgan fingerprint density at radius 1 is 1.35 bits per heavy atom. The van der Waals surface area contributed by atoms with Gasteiger partial charge in [-0.25, -0.2) is 4.98 Å². The van der Waals surface area contributed by atoms with Crippen LogP contribution in [-0.4, -0.2) is 36.6 Å². The van der Waals surface area contributed by atoms with Gasteiger partial charge in [-0.1, -0.05) is 25.1 Å². The summed E-state index contributed by atoms with van der Waals surface area (Å²) in [4.78, 5) is 9.06. The van der Waals surface area contributed by atoms with Crippen molar-refractivity contribution < 1.29 is 4.74 Å². The summed E-state index contributed by atoms with van der Waals surface area (Å²) in [5.41, 5.74) is 2.63. The fraction of sp³-hybridized carbons (Fsp3) is 0.550. The zero-order chi connectivity index (χ0) is 17.2. The minimum atomic E-state index is 0. The Kier molecular flexibility index (Phi) is 6.56. The van der Waals surface area contributed by atoms with Crippen molar-refractivity contribution in [1.82, 2.24) is 15.2 Å². The molecular formula is C20H28ClN3OS. The summed E-state index contributed by atoms with van der Waals surface area (Å²) < 4.78 is 5.61. The molecule has 6 heteroatoms. The van der Waals surface area contributed by atoms with Crippen molar-refractivity contribution >= 4 is 23.7 Å². The number of benzene rings is 1. The van der Waals surface area contributed by atoms with Crippen LogP contribution in [0.3, 0.4) is 0 Å². The molecule has 2 aliphatic rings. The molecule has 1 aliphatic carbocycles. The molecule has 0 bridgehead atoms. The van der Waals surface area contributed by atoms with E-state index in [-0.39, 0.29) is 12.4 Å². The predicted molar refractivity (Wildman–Crippen MR) is 110 cm³/mol. The summed E-state index contributed by atoms with van der Waals surface area (Å²) in [6, 6.07) is 8.74. The molecule has 4 nitrogen and oxygen atoms in total. The molecule has 0 amide bonds. The van der Waals surface area contributed by atoms with Crippen molar-refractivity contribution in [3.8, 4) is 5.75 Å². The Hall–Kier alpha value is -1.14. The maximum atomic E-state index is 5.61. The molecule has 142 valence electrons. The highest BCUT2D eigenvalue weighted by Gasteiger charge is 2.28. The topological polar surface area (TPSA) is 37.4 Å². The van der Waals surface area contributed by atoms with Gasteiger partial charge in [0.05, 0.1) is 25.4 Å². The molecule has 2 aromatic rings. The summed E-state index contributed by atoms with van der Waals surface area (Å²) >= 11 is 1.94. The van der Waals surface area contributed by atoms with Crippen LogP contribution < -0.4 is 10.1 Å². The molecule has 0 spiro atoms. The van der Waals surface area contributed by atoms with Gasteiger partial charge in [0.2, 0.25) is 0 Å². The molecule has 1 N–H and O–H groups in total. The summed E-state index contributed by atoms with van der Waals surface area (Å²) in [5, 5.41) is 4.82. The molecule has 4 rings (SSSR count). The van der Waals surface area contributed by atoms with Gasteiger partial charge in [0.25, 0.3) is 0 Å². The van der Waals surface area contributed by atoms with Crippen molar-refractivity contribution in [2.24, 2.45) is 5.92 Å². The van der Waals surface area contributed by atoms with E-state index in [0.29, 0.717) is 6.04 Å². The average molecular weight is 394 g/mol. The number of aryl methyl sites for hydroxylation is 1. The van der Waals surface area contributed by atoms with Gasteiger partial charge in [0.1, 0.15) is 10.8 Å². The smallest absolute Gasteiger partial charge is 0.123 e. The third kappa shape index (κ3) is 4.06. The lowest BCUT2D eigenvalue weighted by Gasteiger charge is -2.36. The molecule has 1 fully saturated rings. The fourth-order valence-corrected chi connectivity index (χ4v) is 5.32. The van der Waals surface area contributed by atoms with E-state index in [0.717, 1.165) is 44.3 Å². The zero-order valence-corrected chi connectivity index (χ0v) is 17.2. The average Bonchev–Trinajstić information content (AvgIpc) is 3.03. The number of thiazole rings is 1. The molecule has 0 saturated carbocycles. The standard InChI is InChI=1S/C20H27N3OS.ClH/c1-14-7-8-16-19(11-14)25-20(22-16)13-23-10-9-21-12-17(23)15-5-3-4-6-18(15)24-2;/h3-6,14,17,21H,7-13H2,1-2H3;1H. The highest BCUT2D eigenvalue weighted by molar-refractivity contribution is 7.11. The van der Waals surface area contributed by atoms with Gasteiger partial charge in [0, 0.05) is 30.1 Å². The Morgan fingerprint density at radius 2 is 2.19 bits per heavy atom. The summed E-state index contributed by atoms with van der Waals surface area (Å²) in [5.74, 6) is 1.79. The van der Waals surface area contributed by atoms with Gasteiger partial charge in [-0.15, -0.1) is 23.7 Å². The lowest BCUT2D eigenvalue weighted by molar-refractivity contribution is 0.151. The number of nitrogens with one attached hydrogen (secondary N) is 1. The molecule has 1 aromatic heterocycles. The summed E-state index contributed by atoms with van der Waals surface area (Å²) in [7, 11) is 1.76. The second kappa shape index (κ2) is 8.70. The first-order valence-corrected chi connectivity index (χ1v) is 10.1. The van der Waals surface area contributed by atoms with Gasteiger partial charge in [0.15, 0.2) is 0 Å². The first kappa shape index (κ1) is 19.6. The Labute approximate surface area is 166 Å². The van der Waals surface area contributed by atoms with E-state index in [1.54, 1.807) is 7.11 Å². The number of hydrogen-bond donors (Lipinski definition) is 1.